The Balaban J connectivity index is 1.64. The molecule has 0 spiro atoms. The number of halogens is 1. The Hall–Kier alpha value is -3.62. The Kier molecular flexibility index (Phi) is 5.87. The Morgan fingerprint density at radius 1 is 0.719 bits per heavy atom. The Morgan fingerprint density at radius 2 is 1.31 bits per heavy atom. The van der Waals surface area contributed by atoms with E-state index in [0.29, 0.717) is 0 Å². The van der Waals surface area contributed by atoms with Crippen molar-refractivity contribution in [3.8, 4) is 0 Å². The van der Waals surface area contributed by atoms with Gasteiger partial charge >= 0.3 is 0 Å². The van der Waals surface area contributed by atoms with E-state index < -0.39 is 0 Å². The van der Waals surface area contributed by atoms with Crippen molar-refractivity contribution in [2.75, 3.05) is 0 Å². The van der Waals surface area contributed by atoms with Gasteiger partial charge in [0.05, 0.1) is 18.0 Å². The van der Waals surface area contributed by atoms with Gasteiger partial charge < -0.3 is 4.42 Å². The first-order valence-corrected chi connectivity index (χ1v) is 11.0. The second-order valence-electron chi connectivity index (χ2n) is 7.74. The second-order valence-corrected chi connectivity index (χ2v) is 8.17. The molecule has 1 heterocycles. The molecule has 0 aliphatic rings. The van der Waals surface area contributed by atoms with Crippen LogP contribution in [0.2, 0.25) is 5.02 Å². The van der Waals surface area contributed by atoms with E-state index in [9.17, 15) is 0 Å². The van der Waals surface area contributed by atoms with E-state index in [2.05, 4.69) is 66.7 Å². The minimum atomic E-state index is -0.0938. The van der Waals surface area contributed by atoms with Crippen molar-refractivity contribution in [2.45, 2.75) is 12.5 Å². The molecule has 4 aromatic carbocycles. The fourth-order valence-electron chi connectivity index (χ4n) is 3.99. The van der Waals surface area contributed by atoms with Crippen LogP contribution in [0.25, 0.3) is 11.0 Å². The molecule has 0 bridgehead atoms. The molecule has 0 fully saturated rings. The van der Waals surface area contributed by atoms with Gasteiger partial charge in [-0.05, 0) is 23.8 Å². The minimum Gasteiger partial charge on any atom is -0.464 e. The van der Waals surface area contributed by atoms with E-state index in [4.69, 9.17) is 21.0 Å². The number of aliphatic imine (C=N–C) groups is 1. The molecular weight excluding hydrogens is 414 g/mol. The van der Waals surface area contributed by atoms with E-state index in [1.165, 1.54) is 0 Å². The summed E-state index contributed by atoms with van der Waals surface area (Å²) in [6.45, 7) is 0. The summed E-state index contributed by atoms with van der Waals surface area (Å²) in [7, 11) is 0. The van der Waals surface area contributed by atoms with Crippen LogP contribution in [0.15, 0.2) is 125 Å². The molecule has 3 heteroatoms. The lowest BCUT2D eigenvalue weighted by Crippen LogP contribution is -2.09. The largest absolute Gasteiger partial charge is 0.464 e. The number of para-hydroxylation sites is 1. The number of fused-ring (bicyclic) bond motifs is 1. The van der Waals surface area contributed by atoms with Crippen molar-refractivity contribution in [3.63, 3.8) is 0 Å². The molecule has 156 valence electrons. The number of rotatable bonds is 6. The van der Waals surface area contributed by atoms with Crippen molar-refractivity contribution >= 4 is 28.3 Å². The highest BCUT2D eigenvalue weighted by atomic mass is 35.5. The topological polar surface area (TPSA) is 25.5 Å². The maximum atomic E-state index is 6.18. The number of nitrogens with zero attached hydrogens (tertiary/aromatic N) is 1. The predicted molar refractivity (Wildman–Crippen MR) is 133 cm³/mol. The molecule has 0 aliphatic heterocycles. The van der Waals surface area contributed by atoms with E-state index in [1.54, 1.807) is 0 Å². The van der Waals surface area contributed by atoms with Gasteiger partial charge in [-0.15, -0.1) is 0 Å². The van der Waals surface area contributed by atoms with Gasteiger partial charge in [0, 0.05) is 33.5 Å². The van der Waals surface area contributed by atoms with Gasteiger partial charge in [0.1, 0.15) is 5.58 Å². The van der Waals surface area contributed by atoms with Crippen LogP contribution in [0.3, 0.4) is 0 Å². The van der Waals surface area contributed by atoms with Crippen molar-refractivity contribution in [1.29, 1.82) is 0 Å². The lowest BCUT2D eigenvalue weighted by Gasteiger charge is -2.17. The van der Waals surface area contributed by atoms with Crippen LogP contribution in [-0.2, 0) is 6.42 Å². The van der Waals surface area contributed by atoms with Crippen LogP contribution in [0, 0.1) is 0 Å². The summed E-state index contributed by atoms with van der Waals surface area (Å²) in [5.74, 6) is 0. The maximum absolute atomic E-state index is 6.18. The SMILES string of the molecule is Clc1ccc(C(Cc2coc3ccccc23)N=C(c2ccccc2)c2ccccc2)cc1. The van der Waals surface area contributed by atoms with Crippen molar-refractivity contribution < 1.29 is 4.42 Å². The zero-order chi connectivity index (χ0) is 21.8. The van der Waals surface area contributed by atoms with Crippen LogP contribution in [-0.4, -0.2) is 5.71 Å². The van der Waals surface area contributed by atoms with E-state index >= 15 is 0 Å². The third kappa shape index (κ3) is 4.37. The molecule has 1 unspecified atom stereocenters. The summed E-state index contributed by atoms with van der Waals surface area (Å²) in [5, 5.41) is 1.85. The zero-order valence-electron chi connectivity index (χ0n) is 17.5. The maximum Gasteiger partial charge on any atom is 0.134 e. The lowest BCUT2D eigenvalue weighted by molar-refractivity contribution is 0.604. The standard InChI is InChI=1S/C29H22ClNO/c30-25-17-15-21(16-18-25)27(19-24-20-32-28-14-8-7-13-26(24)28)31-29(22-9-3-1-4-10-22)23-11-5-2-6-12-23/h1-18,20,27H,19H2. The molecule has 5 rings (SSSR count). The first-order chi connectivity index (χ1) is 15.8. The van der Waals surface area contributed by atoms with E-state index in [0.717, 1.165) is 50.4 Å². The molecule has 1 aromatic heterocycles. The third-order valence-corrected chi connectivity index (χ3v) is 5.86. The molecule has 32 heavy (non-hydrogen) atoms. The molecule has 0 amide bonds. The predicted octanol–water partition coefficient (Wildman–Crippen LogP) is 7.91. The number of furan rings is 1. The summed E-state index contributed by atoms with van der Waals surface area (Å²) in [6, 6.07) is 36.7. The van der Waals surface area contributed by atoms with Crippen LogP contribution in [0.1, 0.15) is 28.3 Å². The fraction of sp³-hybridized carbons (Fsp3) is 0.0690. The quantitative estimate of drug-likeness (QED) is 0.249. The average molecular weight is 436 g/mol. The molecule has 0 saturated heterocycles. The number of hydrogen-bond donors (Lipinski definition) is 0. The minimum absolute atomic E-state index is 0.0938. The van der Waals surface area contributed by atoms with Crippen LogP contribution in [0.4, 0.5) is 0 Å². The smallest absolute Gasteiger partial charge is 0.134 e. The van der Waals surface area contributed by atoms with Crippen molar-refractivity contribution in [2.24, 2.45) is 4.99 Å². The van der Waals surface area contributed by atoms with Gasteiger partial charge in [0.25, 0.3) is 0 Å². The molecule has 0 aliphatic carbocycles. The molecule has 5 aromatic rings. The molecule has 2 nitrogen and oxygen atoms in total. The summed E-state index contributed by atoms with van der Waals surface area (Å²) < 4.78 is 5.81. The normalized spacial score (nSPS) is 11.9. The summed E-state index contributed by atoms with van der Waals surface area (Å²) in [5.41, 5.74) is 6.31. The monoisotopic (exact) mass is 435 g/mol. The van der Waals surface area contributed by atoms with Gasteiger partial charge in [0.15, 0.2) is 0 Å². The second kappa shape index (κ2) is 9.25. The Morgan fingerprint density at radius 3 is 1.97 bits per heavy atom. The summed E-state index contributed by atoms with van der Waals surface area (Å²) in [4.78, 5) is 5.33. The van der Waals surface area contributed by atoms with Gasteiger partial charge in [-0.1, -0.05) is 103 Å². The highest BCUT2D eigenvalue weighted by molar-refractivity contribution is 6.30. The molecule has 1 atom stereocenters. The van der Waals surface area contributed by atoms with Crippen molar-refractivity contribution in [3.05, 3.63) is 143 Å². The molecule has 0 radical (unpaired) electrons. The highest BCUT2D eigenvalue weighted by Gasteiger charge is 2.17. The Labute approximate surface area is 192 Å². The Bertz CT molecular complexity index is 1300. The first kappa shape index (κ1) is 20.3. The number of hydrogen-bond acceptors (Lipinski definition) is 2. The van der Waals surface area contributed by atoms with Crippen LogP contribution in [0.5, 0.6) is 0 Å². The average Bonchev–Trinajstić information content (AvgIpc) is 3.26. The van der Waals surface area contributed by atoms with Crippen molar-refractivity contribution in [1.82, 2.24) is 0 Å². The van der Waals surface area contributed by atoms with Crippen LogP contribution < -0.4 is 0 Å². The third-order valence-electron chi connectivity index (χ3n) is 5.61. The lowest BCUT2D eigenvalue weighted by atomic mass is 9.97. The van der Waals surface area contributed by atoms with Gasteiger partial charge in [-0.25, -0.2) is 0 Å². The van der Waals surface area contributed by atoms with Gasteiger partial charge in [-0.3, -0.25) is 4.99 Å². The first-order valence-electron chi connectivity index (χ1n) is 10.7. The molecular formula is C29H22ClNO. The van der Waals surface area contributed by atoms with Gasteiger partial charge in [-0.2, -0.15) is 0 Å². The van der Waals surface area contributed by atoms with E-state index in [1.807, 2.05) is 48.7 Å². The van der Waals surface area contributed by atoms with Crippen LogP contribution >= 0.6 is 11.6 Å². The summed E-state index contributed by atoms with van der Waals surface area (Å²) >= 11 is 6.18. The fourth-order valence-corrected chi connectivity index (χ4v) is 4.11. The zero-order valence-corrected chi connectivity index (χ0v) is 18.2. The molecule has 0 saturated carbocycles. The van der Waals surface area contributed by atoms with E-state index in [-0.39, 0.29) is 6.04 Å². The highest BCUT2D eigenvalue weighted by Crippen LogP contribution is 2.30. The summed E-state index contributed by atoms with van der Waals surface area (Å²) in [6.07, 6.45) is 2.58. The molecule has 0 N–H and O–H groups in total. The number of benzene rings is 4. The van der Waals surface area contributed by atoms with Gasteiger partial charge in [0.2, 0.25) is 0 Å².